The molecule has 33 heavy (non-hydrogen) atoms. The molecule has 0 aliphatic carbocycles. The maximum Gasteiger partial charge on any atom is 0.331 e. The Balaban J connectivity index is 1.36. The van der Waals surface area contributed by atoms with Gasteiger partial charge in [0, 0.05) is 10.8 Å². The molecule has 180 valence electrons. The van der Waals surface area contributed by atoms with Gasteiger partial charge in [-0.2, -0.15) is 0 Å². The van der Waals surface area contributed by atoms with Crippen molar-refractivity contribution in [2.75, 3.05) is 38.8 Å². The minimum Gasteiger partial charge on any atom is -0.308 e. The molecule has 2 fully saturated rings. The van der Waals surface area contributed by atoms with Gasteiger partial charge in [0.1, 0.15) is 0 Å². The van der Waals surface area contributed by atoms with Crippen molar-refractivity contribution < 1.29 is 27.2 Å². The fraction of sp³-hybridized carbons (Fsp3) is 0.520. The Bertz CT molecular complexity index is 938. The molecule has 2 aliphatic heterocycles. The first-order valence-corrected chi connectivity index (χ1v) is 14.8. The molecule has 0 radical (unpaired) electrons. The van der Waals surface area contributed by atoms with Crippen LogP contribution < -0.4 is 0 Å². The summed E-state index contributed by atoms with van der Waals surface area (Å²) in [7, 11) is -6.56. The molecule has 0 saturated carbocycles. The highest BCUT2D eigenvalue weighted by Gasteiger charge is 2.50. The van der Waals surface area contributed by atoms with Gasteiger partial charge < -0.3 is 18.1 Å². The Hall–Kier alpha value is -1.26. The van der Waals surface area contributed by atoms with Gasteiger partial charge in [-0.05, 0) is 11.1 Å². The van der Waals surface area contributed by atoms with Crippen molar-refractivity contribution >= 4 is 15.2 Å². The Morgan fingerprint density at radius 1 is 0.636 bits per heavy atom. The Morgan fingerprint density at radius 2 is 0.939 bits per heavy atom. The third-order valence-electron chi connectivity index (χ3n) is 6.56. The van der Waals surface area contributed by atoms with Crippen molar-refractivity contribution in [3.05, 3.63) is 71.8 Å². The smallest absolute Gasteiger partial charge is 0.308 e. The molecule has 0 aromatic heterocycles. The summed E-state index contributed by atoms with van der Waals surface area (Å²) < 4.78 is 50.0. The standard InChI is InChI=1S/C25H34O6P2/c1-23(2,21-11-7-5-8-12-21)19-32(26)28-15-25(16-29-32)17-30-33(27,31-18-25)20-24(3,4)22-13-9-6-10-14-22/h5-14H,15-20H2,1-4H3. The first-order chi connectivity index (χ1) is 15.5. The number of benzene rings is 2. The number of rotatable bonds is 6. The van der Waals surface area contributed by atoms with Gasteiger partial charge in [0.05, 0.1) is 44.2 Å². The largest absolute Gasteiger partial charge is 0.331 e. The molecular formula is C25H34O6P2. The van der Waals surface area contributed by atoms with Crippen LogP contribution in [0.4, 0.5) is 0 Å². The van der Waals surface area contributed by atoms with Crippen LogP contribution >= 0.6 is 15.2 Å². The first-order valence-electron chi connectivity index (χ1n) is 11.3. The van der Waals surface area contributed by atoms with E-state index in [1.54, 1.807) is 0 Å². The van der Waals surface area contributed by atoms with Gasteiger partial charge in [0.25, 0.3) is 0 Å². The molecule has 8 heteroatoms. The predicted octanol–water partition coefficient (Wildman–Crippen LogP) is 6.41. The second kappa shape index (κ2) is 9.07. The van der Waals surface area contributed by atoms with Crippen molar-refractivity contribution in [3.63, 3.8) is 0 Å². The van der Waals surface area contributed by atoms with Crippen LogP contribution in [0.2, 0.25) is 0 Å². The highest BCUT2D eigenvalue weighted by Crippen LogP contribution is 2.62. The monoisotopic (exact) mass is 492 g/mol. The third kappa shape index (κ3) is 5.70. The highest BCUT2D eigenvalue weighted by atomic mass is 31.2. The fourth-order valence-corrected chi connectivity index (χ4v) is 9.08. The molecule has 2 heterocycles. The van der Waals surface area contributed by atoms with E-state index in [0.717, 1.165) is 11.1 Å². The fourth-order valence-electron chi connectivity index (χ4n) is 4.38. The van der Waals surface area contributed by atoms with Crippen LogP contribution in [0.3, 0.4) is 0 Å². The van der Waals surface area contributed by atoms with Gasteiger partial charge in [0.15, 0.2) is 0 Å². The zero-order valence-corrected chi connectivity index (χ0v) is 21.6. The molecule has 0 bridgehead atoms. The molecule has 0 atom stereocenters. The van der Waals surface area contributed by atoms with Crippen LogP contribution in [0.5, 0.6) is 0 Å². The van der Waals surface area contributed by atoms with Gasteiger partial charge >= 0.3 is 15.2 Å². The van der Waals surface area contributed by atoms with Gasteiger partial charge in [-0.1, -0.05) is 88.4 Å². The normalized spacial score (nSPS) is 30.9. The van der Waals surface area contributed by atoms with Crippen molar-refractivity contribution in [3.8, 4) is 0 Å². The minimum absolute atomic E-state index is 0.192. The number of hydrogen-bond donors (Lipinski definition) is 0. The first kappa shape index (κ1) is 24.9. The van der Waals surface area contributed by atoms with Crippen LogP contribution in [0.15, 0.2) is 60.7 Å². The van der Waals surface area contributed by atoms with E-state index >= 15 is 0 Å². The summed E-state index contributed by atoms with van der Waals surface area (Å²) in [5.74, 6) is 0. The zero-order valence-electron chi connectivity index (χ0n) is 19.9. The van der Waals surface area contributed by atoms with E-state index < -0.39 is 20.6 Å². The Morgan fingerprint density at radius 3 is 1.24 bits per heavy atom. The highest BCUT2D eigenvalue weighted by molar-refractivity contribution is 7.54. The Kier molecular flexibility index (Phi) is 6.83. The van der Waals surface area contributed by atoms with Crippen molar-refractivity contribution in [1.29, 1.82) is 0 Å². The summed E-state index contributed by atoms with van der Waals surface area (Å²) in [5.41, 5.74) is 0.840. The maximum absolute atomic E-state index is 13.3. The van der Waals surface area contributed by atoms with Crippen LogP contribution in [0.1, 0.15) is 38.8 Å². The van der Waals surface area contributed by atoms with Crippen molar-refractivity contribution in [2.24, 2.45) is 5.41 Å². The van der Waals surface area contributed by atoms with Crippen LogP contribution in [-0.4, -0.2) is 38.8 Å². The van der Waals surface area contributed by atoms with Crippen molar-refractivity contribution in [2.45, 2.75) is 38.5 Å². The second-order valence-corrected chi connectivity index (χ2v) is 14.7. The molecule has 0 amide bonds. The van der Waals surface area contributed by atoms with Gasteiger partial charge in [-0.15, -0.1) is 0 Å². The molecular weight excluding hydrogens is 458 g/mol. The molecule has 0 N–H and O–H groups in total. The number of hydrogen-bond acceptors (Lipinski definition) is 6. The quantitative estimate of drug-likeness (QED) is 0.434. The molecule has 6 nitrogen and oxygen atoms in total. The summed E-state index contributed by atoms with van der Waals surface area (Å²) in [6.07, 6.45) is 0.567. The third-order valence-corrected chi connectivity index (χ3v) is 11.0. The molecule has 2 saturated heterocycles. The summed E-state index contributed by atoms with van der Waals surface area (Å²) in [5, 5.41) is 0. The molecule has 0 unspecified atom stereocenters. The van der Waals surface area contributed by atoms with Crippen molar-refractivity contribution in [1.82, 2.24) is 0 Å². The average molecular weight is 492 g/mol. The minimum atomic E-state index is -3.28. The molecule has 2 aliphatic rings. The van der Waals surface area contributed by atoms with E-state index in [9.17, 15) is 9.13 Å². The molecule has 1 spiro atoms. The predicted molar refractivity (Wildman–Crippen MR) is 130 cm³/mol. The summed E-state index contributed by atoms with van der Waals surface area (Å²) in [6, 6.07) is 19.9. The van der Waals surface area contributed by atoms with E-state index in [1.165, 1.54) is 0 Å². The lowest BCUT2D eigenvalue weighted by molar-refractivity contribution is -0.0693. The average Bonchev–Trinajstić information content (AvgIpc) is 2.79. The molecule has 4 rings (SSSR count). The summed E-state index contributed by atoms with van der Waals surface area (Å²) in [6.45, 7) is 8.92. The van der Waals surface area contributed by atoms with E-state index in [1.807, 2.05) is 88.4 Å². The maximum atomic E-state index is 13.3. The van der Waals surface area contributed by atoms with E-state index in [2.05, 4.69) is 0 Å². The van der Waals surface area contributed by atoms with Gasteiger partial charge in [-0.25, -0.2) is 0 Å². The van der Waals surface area contributed by atoms with Crippen LogP contribution in [-0.2, 0) is 38.1 Å². The zero-order chi connectivity index (χ0) is 23.8. The van der Waals surface area contributed by atoms with Crippen LogP contribution in [0, 0.1) is 5.41 Å². The Labute approximate surface area is 197 Å². The topological polar surface area (TPSA) is 71.1 Å². The lowest BCUT2D eigenvalue weighted by Gasteiger charge is -2.44. The van der Waals surface area contributed by atoms with Crippen LogP contribution in [0.25, 0.3) is 0 Å². The van der Waals surface area contributed by atoms with E-state index in [0.29, 0.717) is 0 Å². The van der Waals surface area contributed by atoms with E-state index in [4.69, 9.17) is 18.1 Å². The molecule has 2 aromatic rings. The summed E-state index contributed by atoms with van der Waals surface area (Å²) in [4.78, 5) is 0. The van der Waals surface area contributed by atoms with E-state index in [-0.39, 0.29) is 49.6 Å². The summed E-state index contributed by atoms with van der Waals surface area (Å²) >= 11 is 0. The van der Waals surface area contributed by atoms with Gasteiger partial charge in [-0.3, -0.25) is 9.13 Å². The molecule has 2 aromatic carbocycles. The lowest BCUT2D eigenvalue weighted by atomic mass is 9.87. The lowest BCUT2D eigenvalue weighted by Crippen LogP contribution is -2.47. The SMILES string of the molecule is CC(C)(CP1(=O)OCC2(CO1)COP(=O)(CC(C)(C)c1ccccc1)OC2)c1ccccc1. The second-order valence-electron chi connectivity index (χ2n) is 10.6. The van der Waals surface area contributed by atoms with Gasteiger partial charge in [0.2, 0.25) is 0 Å².